The van der Waals surface area contributed by atoms with E-state index in [1.54, 1.807) is 7.05 Å². The summed E-state index contributed by atoms with van der Waals surface area (Å²) in [6, 6.07) is 0.343. The van der Waals surface area contributed by atoms with Crippen molar-refractivity contribution >= 4 is 6.03 Å². The zero-order valence-electron chi connectivity index (χ0n) is 9.47. The maximum absolute atomic E-state index is 11.1. The van der Waals surface area contributed by atoms with Crippen molar-refractivity contribution in [2.75, 3.05) is 7.05 Å². The minimum atomic E-state index is -0.0422. The fourth-order valence-corrected chi connectivity index (χ4v) is 2.22. The Morgan fingerprint density at radius 1 is 1.36 bits per heavy atom. The van der Waals surface area contributed by atoms with Crippen molar-refractivity contribution in [3.05, 3.63) is 0 Å². The summed E-state index contributed by atoms with van der Waals surface area (Å²) in [6.07, 6.45) is 4.85. The summed E-state index contributed by atoms with van der Waals surface area (Å²) in [7, 11) is 1.66. The van der Waals surface area contributed by atoms with Crippen LogP contribution in [0.1, 0.15) is 39.5 Å². The van der Waals surface area contributed by atoms with Gasteiger partial charge in [-0.1, -0.05) is 26.7 Å². The summed E-state index contributed by atoms with van der Waals surface area (Å²) >= 11 is 0. The third-order valence-electron chi connectivity index (χ3n) is 3.22. The first-order chi connectivity index (χ1) is 6.63. The monoisotopic (exact) mass is 198 g/mol. The first-order valence-corrected chi connectivity index (χ1v) is 5.61. The lowest BCUT2D eigenvalue weighted by atomic mass is 9.79. The summed E-state index contributed by atoms with van der Waals surface area (Å²) < 4.78 is 0. The van der Waals surface area contributed by atoms with Gasteiger partial charge in [0.1, 0.15) is 0 Å². The molecule has 0 saturated heterocycles. The Labute approximate surface area is 86.6 Å². The van der Waals surface area contributed by atoms with Crippen molar-refractivity contribution in [3.63, 3.8) is 0 Å². The second-order valence-electron chi connectivity index (χ2n) is 4.59. The minimum absolute atomic E-state index is 0.0422. The molecule has 1 rings (SSSR count). The number of hydrogen-bond donors (Lipinski definition) is 2. The molecule has 0 aromatic carbocycles. The van der Waals surface area contributed by atoms with Crippen LogP contribution in [0.5, 0.6) is 0 Å². The van der Waals surface area contributed by atoms with E-state index in [0.717, 1.165) is 24.7 Å². The smallest absolute Gasteiger partial charge is 0.314 e. The fraction of sp³-hybridized carbons (Fsp3) is 0.909. The molecule has 0 aromatic rings. The van der Waals surface area contributed by atoms with Gasteiger partial charge in [0, 0.05) is 13.1 Å². The first-order valence-electron chi connectivity index (χ1n) is 5.61. The molecular formula is C11H22N2O. The third kappa shape index (κ3) is 3.20. The van der Waals surface area contributed by atoms with E-state index >= 15 is 0 Å². The van der Waals surface area contributed by atoms with Gasteiger partial charge in [0.25, 0.3) is 0 Å². The highest BCUT2D eigenvalue weighted by molar-refractivity contribution is 5.73. The van der Waals surface area contributed by atoms with E-state index in [1.165, 1.54) is 12.8 Å². The molecule has 0 aromatic heterocycles. The lowest BCUT2D eigenvalue weighted by Crippen LogP contribution is -2.43. The fourth-order valence-electron chi connectivity index (χ4n) is 2.22. The second-order valence-corrected chi connectivity index (χ2v) is 4.59. The van der Waals surface area contributed by atoms with E-state index in [-0.39, 0.29) is 6.03 Å². The van der Waals surface area contributed by atoms with Gasteiger partial charge in [-0.25, -0.2) is 4.79 Å². The van der Waals surface area contributed by atoms with E-state index in [2.05, 4.69) is 24.5 Å². The van der Waals surface area contributed by atoms with Crippen LogP contribution in [0.25, 0.3) is 0 Å². The number of hydrogen-bond acceptors (Lipinski definition) is 1. The third-order valence-corrected chi connectivity index (χ3v) is 3.22. The Kier molecular flexibility index (Phi) is 4.23. The average Bonchev–Trinajstić information content (AvgIpc) is 2.18. The quantitative estimate of drug-likeness (QED) is 0.701. The Morgan fingerprint density at radius 2 is 2.07 bits per heavy atom. The van der Waals surface area contributed by atoms with Gasteiger partial charge < -0.3 is 10.6 Å². The van der Waals surface area contributed by atoms with Crippen molar-refractivity contribution in [1.29, 1.82) is 0 Å². The number of nitrogens with one attached hydrogen (secondary N) is 2. The van der Waals surface area contributed by atoms with Crippen LogP contribution in [0.3, 0.4) is 0 Å². The van der Waals surface area contributed by atoms with Crippen molar-refractivity contribution in [2.45, 2.75) is 45.6 Å². The van der Waals surface area contributed by atoms with Gasteiger partial charge in [0.2, 0.25) is 0 Å². The zero-order chi connectivity index (χ0) is 10.6. The van der Waals surface area contributed by atoms with E-state index < -0.39 is 0 Å². The van der Waals surface area contributed by atoms with Crippen LogP contribution in [0.4, 0.5) is 4.79 Å². The molecule has 14 heavy (non-hydrogen) atoms. The predicted molar refractivity (Wildman–Crippen MR) is 58.2 cm³/mol. The minimum Gasteiger partial charge on any atom is -0.341 e. The van der Waals surface area contributed by atoms with Crippen molar-refractivity contribution in [3.8, 4) is 0 Å². The molecule has 0 heterocycles. The number of amides is 2. The van der Waals surface area contributed by atoms with Crippen molar-refractivity contribution in [1.82, 2.24) is 10.6 Å². The van der Waals surface area contributed by atoms with E-state index in [0.29, 0.717) is 6.04 Å². The number of urea groups is 1. The molecule has 1 aliphatic rings. The average molecular weight is 198 g/mol. The molecule has 2 atom stereocenters. The SMILES string of the molecule is CNC(=O)N[C@@H]1CCC[C@@H](C(C)C)C1. The van der Waals surface area contributed by atoms with Crippen molar-refractivity contribution in [2.24, 2.45) is 11.8 Å². The molecule has 82 valence electrons. The Morgan fingerprint density at radius 3 is 2.64 bits per heavy atom. The Hall–Kier alpha value is -0.730. The van der Waals surface area contributed by atoms with Gasteiger partial charge in [-0.3, -0.25) is 0 Å². The highest BCUT2D eigenvalue weighted by atomic mass is 16.2. The molecule has 1 aliphatic carbocycles. The molecule has 0 radical (unpaired) electrons. The van der Waals surface area contributed by atoms with Crippen molar-refractivity contribution < 1.29 is 4.79 Å². The highest BCUT2D eigenvalue weighted by Gasteiger charge is 2.24. The molecule has 3 heteroatoms. The summed E-state index contributed by atoms with van der Waals surface area (Å²) in [4.78, 5) is 11.1. The molecule has 0 spiro atoms. The first kappa shape index (κ1) is 11.3. The normalized spacial score (nSPS) is 27.4. The number of rotatable bonds is 2. The van der Waals surface area contributed by atoms with Crippen LogP contribution < -0.4 is 10.6 Å². The predicted octanol–water partition coefficient (Wildman–Crippen LogP) is 2.13. The molecule has 2 N–H and O–H groups in total. The topological polar surface area (TPSA) is 41.1 Å². The Balaban J connectivity index is 2.36. The molecule has 1 saturated carbocycles. The second kappa shape index (κ2) is 5.23. The molecule has 0 bridgehead atoms. The van der Waals surface area contributed by atoms with Gasteiger partial charge in [-0.2, -0.15) is 0 Å². The lowest BCUT2D eigenvalue weighted by Gasteiger charge is -2.31. The standard InChI is InChI=1S/C11H22N2O/c1-8(2)9-5-4-6-10(7-9)13-11(14)12-3/h8-10H,4-7H2,1-3H3,(H2,12,13,14)/t9-,10-/m1/s1. The Bertz CT molecular complexity index is 192. The summed E-state index contributed by atoms with van der Waals surface area (Å²) in [6.45, 7) is 4.54. The summed E-state index contributed by atoms with van der Waals surface area (Å²) in [5.41, 5.74) is 0. The van der Waals surface area contributed by atoms with Gasteiger partial charge in [0.15, 0.2) is 0 Å². The lowest BCUT2D eigenvalue weighted by molar-refractivity contribution is 0.213. The summed E-state index contributed by atoms with van der Waals surface area (Å²) in [5.74, 6) is 1.52. The molecule has 2 amide bonds. The zero-order valence-corrected chi connectivity index (χ0v) is 9.47. The van der Waals surface area contributed by atoms with Gasteiger partial charge in [-0.05, 0) is 24.7 Å². The maximum atomic E-state index is 11.1. The van der Waals surface area contributed by atoms with Gasteiger partial charge in [-0.15, -0.1) is 0 Å². The molecule has 3 nitrogen and oxygen atoms in total. The maximum Gasteiger partial charge on any atom is 0.314 e. The van der Waals surface area contributed by atoms with Crippen LogP contribution in [0.2, 0.25) is 0 Å². The van der Waals surface area contributed by atoms with Crippen LogP contribution in [-0.4, -0.2) is 19.1 Å². The largest absolute Gasteiger partial charge is 0.341 e. The van der Waals surface area contributed by atoms with Crippen LogP contribution >= 0.6 is 0 Å². The van der Waals surface area contributed by atoms with E-state index in [1.807, 2.05) is 0 Å². The van der Waals surface area contributed by atoms with Gasteiger partial charge >= 0.3 is 6.03 Å². The molecule has 0 unspecified atom stereocenters. The summed E-state index contributed by atoms with van der Waals surface area (Å²) in [5, 5.41) is 5.61. The molecule has 0 aliphatic heterocycles. The van der Waals surface area contributed by atoms with E-state index in [4.69, 9.17) is 0 Å². The van der Waals surface area contributed by atoms with Crippen LogP contribution in [0, 0.1) is 11.8 Å². The number of carbonyl (C=O) groups is 1. The van der Waals surface area contributed by atoms with E-state index in [9.17, 15) is 4.79 Å². The molecule has 1 fully saturated rings. The van der Waals surface area contributed by atoms with Crippen LogP contribution in [-0.2, 0) is 0 Å². The molecular weight excluding hydrogens is 176 g/mol. The van der Waals surface area contributed by atoms with Crippen LogP contribution in [0.15, 0.2) is 0 Å². The highest BCUT2D eigenvalue weighted by Crippen LogP contribution is 2.29. The van der Waals surface area contributed by atoms with Gasteiger partial charge in [0.05, 0.1) is 0 Å². The number of carbonyl (C=O) groups excluding carboxylic acids is 1.